The third-order valence-electron chi connectivity index (χ3n) is 4.94. The molecule has 0 unspecified atom stereocenters. The summed E-state index contributed by atoms with van der Waals surface area (Å²) in [6.45, 7) is 13.5. The average Bonchev–Trinajstić information content (AvgIpc) is 2.37. The van der Waals surface area contributed by atoms with Crippen molar-refractivity contribution in [2.45, 2.75) is 79.2 Å². The van der Waals surface area contributed by atoms with Crippen molar-refractivity contribution in [1.82, 2.24) is 0 Å². The topological polar surface area (TPSA) is 18.5 Å². The smallest absolute Gasteiger partial charge is 0.0704 e. The molecule has 2 heteroatoms. The SMILES string of the molecule is COCCOC1CCC(C(C)(C)CCC(C)(C)C)CC1. The predicted molar refractivity (Wildman–Crippen MR) is 86.0 cm³/mol. The van der Waals surface area contributed by atoms with E-state index < -0.39 is 0 Å². The number of methoxy groups -OCH3 is 1. The number of hydrogen-bond acceptors (Lipinski definition) is 2. The molecule has 0 radical (unpaired) electrons. The second-order valence-corrected chi connectivity index (χ2v) is 8.39. The zero-order valence-corrected chi connectivity index (χ0v) is 14.6. The van der Waals surface area contributed by atoms with E-state index in [0.29, 0.717) is 16.9 Å². The van der Waals surface area contributed by atoms with Gasteiger partial charge >= 0.3 is 0 Å². The minimum atomic E-state index is 0.456. The molecule has 0 aliphatic heterocycles. The Labute approximate surface area is 126 Å². The Morgan fingerprint density at radius 3 is 1.95 bits per heavy atom. The monoisotopic (exact) mass is 284 g/mol. The van der Waals surface area contributed by atoms with Gasteiger partial charge in [-0.3, -0.25) is 0 Å². The molecule has 20 heavy (non-hydrogen) atoms. The molecule has 0 heterocycles. The summed E-state index contributed by atoms with van der Waals surface area (Å²) in [7, 11) is 1.73. The highest BCUT2D eigenvalue weighted by molar-refractivity contribution is 4.85. The highest BCUT2D eigenvalue weighted by Crippen LogP contribution is 2.43. The van der Waals surface area contributed by atoms with E-state index in [1.54, 1.807) is 7.11 Å². The fraction of sp³-hybridized carbons (Fsp3) is 1.00. The van der Waals surface area contributed by atoms with Crippen LogP contribution in [0.2, 0.25) is 0 Å². The quantitative estimate of drug-likeness (QED) is 0.608. The maximum atomic E-state index is 5.87. The van der Waals surface area contributed by atoms with Gasteiger partial charge in [0.1, 0.15) is 0 Å². The first kappa shape index (κ1) is 18.0. The van der Waals surface area contributed by atoms with Gasteiger partial charge in [-0.15, -0.1) is 0 Å². The van der Waals surface area contributed by atoms with E-state index in [2.05, 4.69) is 34.6 Å². The summed E-state index contributed by atoms with van der Waals surface area (Å²) in [6.07, 6.45) is 8.25. The van der Waals surface area contributed by atoms with Crippen molar-refractivity contribution < 1.29 is 9.47 Å². The molecular weight excluding hydrogens is 248 g/mol. The normalized spacial score (nSPS) is 24.9. The molecule has 0 aromatic heterocycles. The van der Waals surface area contributed by atoms with Crippen molar-refractivity contribution in [1.29, 1.82) is 0 Å². The minimum absolute atomic E-state index is 0.456. The first-order valence-corrected chi connectivity index (χ1v) is 8.35. The Hall–Kier alpha value is -0.0800. The van der Waals surface area contributed by atoms with Crippen LogP contribution in [-0.4, -0.2) is 26.4 Å². The lowest BCUT2D eigenvalue weighted by Crippen LogP contribution is -2.32. The first-order chi connectivity index (χ1) is 9.24. The lowest BCUT2D eigenvalue weighted by Gasteiger charge is -2.40. The average molecular weight is 284 g/mol. The lowest BCUT2D eigenvalue weighted by molar-refractivity contribution is -0.0208. The molecule has 0 aromatic carbocycles. The van der Waals surface area contributed by atoms with Crippen LogP contribution >= 0.6 is 0 Å². The second kappa shape index (κ2) is 7.79. The molecule has 1 fully saturated rings. The molecule has 1 rings (SSSR count). The molecule has 1 aliphatic rings. The van der Waals surface area contributed by atoms with E-state index in [0.717, 1.165) is 19.1 Å². The Morgan fingerprint density at radius 1 is 0.850 bits per heavy atom. The van der Waals surface area contributed by atoms with Crippen molar-refractivity contribution in [2.75, 3.05) is 20.3 Å². The standard InChI is InChI=1S/C18H36O2/c1-17(2,3)11-12-18(4,5)15-7-9-16(10-8-15)20-14-13-19-6/h15-16H,7-14H2,1-6H3. The minimum Gasteiger partial charge on any atom is -0.382 e. The van der Waals surface area contributed by atoms with Crippen molar-refractivity contribution in [2.24, 2.45) is 16.7 Å². The summed E-state index contributed by atoms with van der Waals surface area (Å²) in [5.41, 5.74) is 0.933. The van der Waals surface area contributed by atoms with Crippen molar-refractivity contribution in [3.63, 3.8) is 0 Å². The number of rotatable bonds is 7. The fourth-order valence-electron chi connectivity index (χ4n) is 3.21. The van der Waals surface area contributed by atoms with Crippen molar-refractivity contribution in [3.05, 3.63) is 0 Å². The van der Waals surface area contributed by atoms with Crippen molar-refractivity contribution in [3.8, 4) is 0 Å². The molecule has 1 aliphatic carbocycles. The van der Waals surface area contributed by atoms with Gasteiger partial charge in [-0.2, -0.15) is 0 Å². The first-order valence-electron chi connectivity index (χ1n) is 8.35. The third-order valence-corrected chi connectivity index (χ3v) is 4.94. The number of hydrogen-bond donors (Lipinski definition) is 0. The summed E-state index contributed by atoms with van der Waals surface area (Å²) in [5, 5.41) is 0. The molecule has 0 spiro atoms. The van der Waals surface area contributed by atoms with Gasteiger partial charge in [0.2, 0.25) is 0 Å². The molecule has 0 atom stereocenters. The van der Waals surface area contributed by atoms with E-state index in [1.807, 2.05) is 0 Å². The van der Waals surface area contributed by atoms with Gasteiger partial charge in [-0.05, 0) is 55.3 Å². The van der Waals surface area contributed by atoms with Crippen LogP contribution in [0, 0.1) is 16.7 Å². The van der Waals surface area contributed by atoms with Crippen LogP contribution in [0.15, 0.2) is 0 Å². The lowest BCUT2D eigenvalue weighted by atomic mass is 9.67. The van der Waals surface area contributed by atoms with Gasteiger partial charge in [0.25, 0.3) is 0 Å². The molecule has 2 nitrogen and oxygen atoms in total. The maximum Gasteiger partial charge on any atom is 0.0704 e. The van der Waals surface area contributed by atoms with Crippen LogP contribution in [-0.2, 0) is 9.47 Å². The second-order valence-electron chi connectivity index (χ2n) is 8.39. The molecule has 0 bridgehead atoms. The Balaban J connectivity index is 2.32. The zero-order valence-electron chi connectivity index (χ0n) is 14.6. The predicted octanol–water partition coefficient (Wildman–Crippen LogP) is 5.06. The Kier molecular flexibility index (Phi) is 7.00. The van der Waals surface area contributed by atoms with Crippen LogP contribution in [0.25, 0.3) is 0 Å². The van der Waals surface area contributed by atoms with Crippen LogP contribution in [0.4, 0.5) is 0 Å². The van der Waals surface area contributed by atoms with Gasteiger partial charge < -0.3 is 9.47 Å². The molecule has 0 amide bonds. The van der Waals surface area contributed by atoms with E-state index in [1.165, 1.54) is 38.5 Å². The van der Waals surface area contributed by atoms with E-state index >= 15 is 0 Å². The van der Waals surface area contributed by atoms with Crippen LogP contribution in [0.5, 0.6) is 0 Å². The summed E-state index contributed by atoms with van der Waals surface area (Å²) in [5.74, 6) is 0.868. The fourth-order valence-corrected chi connectivity index (χ4v) is 3.21. The van der Waals surface area contributed by atoms with Crippen LogP contribution in [0.3, 0.4) is 0 Å². The highest BCUT2D eigenvalue weighted by atomic mass is 16.5. The molecular formula is C18H36O2. The van der Waals surface area contributed by atoms with E-state index in [9.17, 15) is 0 Å². The largest absolute Gasteiger partial charge is 0.382 e. The van der Waals surface area contributed by atoms with Gasteiger partial charge in [-0.1, -0.05) is 34.6 Å². The molecule has 0 saturated heterocycles. The number of ether oxygens (including phenoxy) is 2. The van der Waals surface area contributed by atoms with E-state index in [-0.39, 0.29) is 0 Å². The highest BCUT2D eigenvalue weighted by Gasteiger charge is 2.33. The van der Waals surface area contributed by atoms with Gasteiger partial charge in [0.05, 0.1) is 19.3 Å². The molecule has 0 aromatic rings. The van der Waals surface area contributed by atoms with Gasteiger partial charge in [-0.25, -0.2) is 0 Å². The van der Waals surface area contributed by atoms with Gasteiger partial charge in [0.15, 0.2) is 0 Å². The van der Waals surface area contributed by atoms with Crippen LogP contribution in [0.1, 0.15) is 73.1 Å². The third kappa shape index (κ3) is 6.58. The van der Waals surface area contributed by atoms with E-state index in [4.69, 9.17) is 9.47 Å². The summed E-state index contributed by atoms with van der Waals surface area (Å²) >= 11 is 0. The van der Waals surface area contributed by atoms with Crippen LogP contribution < -0.4 is 0 Å². The molecule has 120 valence electrons. The zero-order chi connectivity index (χ0) is 15.2. The summed E-state index contributed by atoms with van der Waals surface area (Å²) in [6, 6.07) is 0. The molecule has 1 saturated carbocycles. The summed E-state index contributed by atoms with van der Waals surface area (Å²) in [4.78, 5) is 0. The van der Waals surface area contributed by atoms with Crippen molar-refractivity contribution >= 4 is 0 Å². The summed E-state index contributed by atoms with van der Waals surface area (Å²) < 4.78 is 10.9. The Bertz CT molecular complexity index is 257. The molecule has 0 N–H and O–H groups in total. The Morgan fingerprint density at radius 2 is 1.45 bits per heavy atom. The van der Waals surface area contributed by atoms with Gasteiger partial charge in [0, 0.05) is 7.11 Å². The maximum absolute atomic E-state index is 5.87.